The van der Waals surface area contributed by atoms with Gasteiger partial charge >= 0.3 is 0 Å². The second kappa shape index (κ2) is 7.80. The van der Waals surface area contributed by atoms with Crippen molar-refractivity contribution in [3.8, 4) is 5.75 Å². The Hall–Kier alpha value is -2.86. The zero-order valence-corrected chi connectivity index (χ0v) is 15.7. The van der Waals surface area contributed by atoms with E-state index in [1.807, 2.05) is 25.1 Å². The summed E-state index contributed by atoms with van der Waals surface area (Å²) < 4.78 is 11.1. The molecule has 3 aromatic rings. The summed E-state index contributed by atoms with van der Waals surface area (Å²) >= 11 is 0. The number of benzene rings is 2. The topological polar surface area (TPSA) is 54.6 Å². The van der Waals surface area contributed by atoms with Crippen LogP contribution in [0.15, 0.2) is 59.1 Å². The van der Waals surface area contributed by atoms with Crippen LogP contribution in [0.25, 0.3) is 0 Å². The molecule has 0 unspecified atom stereocenters. The Bertz CT molecular complexity index is 873. The minimum atomic E-state index is -0.0211. The minimum Gasteiger partial charge on any atom is -0.495 e. The summed E-state index contributed by atoms with van der Waals surface area (Å²) in [6.45, 7) is 5.49. The van der Waals surface area contributed by atoms with Crippen LogP contribution in [0.1, 0.15) is 23.3 Å². The van der Waals surface area contributed by atoms with E-state index in [2.05, 4.69) is 56.3 Å². The van der Waals surface area contributed by atoms with E-state index in [1.54, 1.807) is 7.11 Å². The summed E-state index contributed by atoms with van der Waals surface area (Å²) in [6.07, 6.45) is 0. The van der Waals surface area contributed by atoms with Crippen molar-refractivity contribution in [2.24, 2.45) is 0 Å². The van der Waals surface area contributed by atoms with Crippen molar-refractivity contribution in [3.63, 3.8) is 0 Å². The van der Waals surface area contributed by atoms with E-state index in [1.165, 1.54) is 5.56 Å². The molecule has 2 heterocycles. The standard InChI is InChI=1S/C21H24N4O2/c1-16-22-21(27-23-16)20(17-8-4-3-5-9-17)25-14-12-24(13-15-25)18-10-6-7-11-19(18)26-2/h3-11,20H,12-15H2,1-2H3/t20-/m1/s1. The number of para-hydroxylation sites is 2. The van der Waals surface area contributed by atoms with Crippen LogP contribution in [0.5, 0.6) is 5.75 Å². The van der Waals surface area contributed by atoms with Gasteiger partial charge in [-0.05, 0) is 24.6 Å². The summed E-state index contributed by atoms with van der Waals surface area (Å²) in [5, 5.41) is 4.00. The van der Waals surface area contributed by atoms with Crippen molar-refractivity contribution in [2.45, 2.75) is 13.0 Å². The maximum absolute atomic E-state index is 5.55. The Morgan fingerprint density at radius 2 is 1.67 bits per heavy atom. The number of methoxy groups -OCH3 is 1. The minimum absolute atomic E-state index is 0.0211. The van der Waals surface area contributed by atoms with Crippen molar-refractivity contribution in [1.29, 1.82) is 0 Å². The van der Waals surface area contributed by atoms with E-state index in [-0.39, 0.29) is 6.04 Å². The number of rotatable bonds is 5. The molecule has 1 aliphatic rings. The number of hydrogen-bond acceptors (Lipinski definition) is 6. The average Bonchev–Trinajstić information content (AvgIpc) is 3.15. The zero-order chi connectivity index (χ0) is 18.6. The van der Waals surface area contributed by atoms with Crippen molar-refractivity contribution >= 4 is 5.69 Å². The summed E-state index contributed by atoms with van der Waals surface area (Å²) in [5.41, 5.74) is 2.32. The lowest BCUT2D eigenvalue weighted by Crippen LogP contribution is -2.48. The molecule has 1 fully saturated rings. The molecule has 0 bridgehead atoms. The monoisotopic (exact) mass is 364 g/mol. The highest BCUT2D eigenvalue weighted by Crippen LogP contribution is 2.32. The van der Waals surface area contributed by atoms with Gasteiger partial charge in [0.25, 0.3) is 0 Å². The van der Waals surface area contributed by atoms with Gasteiger partial charge in [-0.1, -0.05) is 47.6 Å². The van der Waals surface area contributed by atoms with Crippen LogP contribution < -0.4 is 9.64 Å². The van der Waals surface area contributed by atoms with Gasteiger partial charge in [0.2, 0.25) is 5.89 Å². The molecule has 0 aliphatic carbocycles. The molecule has 1 saturated heterocycles. The first-order valence-corrected chi connectivity index (χ1v) is 9.23. The van der Waals surface area contributed by atoms with Crippen LogP contribution in [0, 0.1) is 6.92 Å². The van der Waals surface area contributed by atoms with E-state index < -0.39 is 0 Å². The SMILES string of the molecule is COc1ccccc1N1CCN([C@H](c2ccccc2)c2nc(C)no2)CC1. The summed E-state index contributed by atoms with van der Waals surface area (Å²) in [5.74, 6) is 2.24. The average molecular weight is 364 g/mol. The lowest BCUT2D eigenvalue weighted by molar-refractivity contribution is 0.177. The third kappa shape index (κ3) is 3.66. The molecule has 1 aromatic heterocycles. The highest BCUT2D eigenvalue weighted by atomic mass is 16.5. The van der Waals surface area contributed by atoms with E-state index in [0.29, 0.717) is 11.7 Å². The molecule has 0 N–H and O–H groups in total. The molecule has 140 valence electrons. The fourth-order valence-corrected chi connectivity index (χ4v) is 3.68. The van der Waals surface area contributed by atoms with Crippen LogP contribution in [-0.2, 0) is 0 Å². The van der Waals surface area contributed by atoms with E-state index in [9.17, 15) is 0 Å². The Morgan fingerprint density at radius 1 is 0.963 bits per heavy atom. The van der Waals surface area contributed by atoms with Crippen LogP contribution in [0.4, 0.5) is 5.69 Å². The first-order chi connectivity index (χ1) is 13.3. The van der Waals surface area contributed by atoms with Gasteiger partial charge in [0.1, 0.15) is 11.8 Å². The lowest BCUT2D eigenvalue weighted by atomic mass is 10.0. The zero-order valence-electron chi connectivity index (χ0n) is 15.7. The molecule has 1 atom stereocenters. The Balaban J connectivity index is 1.55. The molecule has 0 saturated carbocycles. The molecule has 0 amide bonds. The molecule has 6 nitrogen and oxygen atoms in total. The van der Waals surface area contributed by atoms with Crippen LogP contribution in [0.2, 0.25) is 0 Å². The second-order valence-corrected chi connectivity index (χ2v) is 6.69. The molecule has 0 spiro atoms. The predicted octanol–water partition coefficient (Wildman–Crippen LogP) is 3.30. The van der Waals surface area contributed by atoms with E-state index in [4.69, 9.17) is 9.26 Å². The summed E-state index contributed by atoms with van der Waals surface area (Å²) in [6, 6.07) is 18.5. The highest BCUT2D eigenvalue weighted by Gasteiger charge is 2.30. The third-order valence-corrected chi connectivity index (χ3v) is 5.00. The van der Waals surface area contributed by atoms with Crippen molar-refractivity contribution in [2.75, 3.05) is 38.2 Å². The number of hydrogen-bond donors (Lipinski definition) is 0. The van der Waals surface area contributed by atoms with Crippen LogP contribution >= 0.6 is 0 Å². The number of aryl methyl sites for hydroxylation is 1. The summed E-state index contributed by atoms with van der Waals surface area (Å²) in [4.78, 5) is 9.30. The molecule has 27 heavy (non-hydrogen) atoms. The molecular weight excluding hydrogens is 340 g/mol. The largest absolute Gasteiger partial charge is 0.495 e. The van der Waals surface area contributed by atoms with E-state index >= 15 is 0 Å². The number of anilines is 1. The van der Waals surface area contributed by atoms with Gasteiger partial charge in [-0.15, -0.1) is 0 Å². The molecule has 4 rings (SSSR count). The second-order valence-electron chi connectivity index (χ2n) is 6.69. The fraction of sp³-hybridized carbons (Fsp3) is 0.333. The first kappa shape index (κ1) is 17.5. The number of aromatic nitrogens is 2. The van der Waals surface area contributed by atoms with Gasteiger partial charge in [-0.3, -0.25) is 4.90 Å². The number of ether oxygens (including phenoxy) is 1. The predicted molar refractivity (Wildman–Crippen MR) is 104 cm³/mol. The number of piperazine rings is 1. The number of nitrogens with zero attached hydrogens (tertiary/aromatic N) is 4. The van der Waals surface area contributed by atoms with Crippen LogP contribution in [0.3, 0.4) is 0 Å². The normalized spacial score (nSPS) is 16.3. The smallest absolute Gasteiger partial charge is 0.248 e. The molecule has 0 radical (unpaired) electrons. The quantitative estimate of drug-likeness (QED) is 0.692. The molecule has 1 aliphatic heterocycles. The fourth-order valence-electron chi connectivity index (χ4n) is 3.68. The van der Waals surface area contributed by atoms with Crippen molar-refractivity contribution < 1.29 is 9.26 Å². The van der Waals surface area contributed by atoms with Crippen molar-refractivity contribution in [1.82, 2.24) is 15.0 Å². The Labute approximate surface area is 159 Å². The van der Waals surface area contributed by atoms with Gasteiger partial charge in [-0.2, -0.15) is 4.98 Å². The lowest BCUT2D eigenvalue weighted by Gasteiger charge is -2.39. The van der Waals surface area contributed by atoms with Gasteiger partial charge < -0.3 is 14.2 Å². The molecule has 6 heteroatoms. The highest BCUT2D eigenvalue weighted by molar-refractivity contribution is 5.58. The maximum atomic E-state index is 5.55. The Morgan fingerprint density at radius 3 is 2.33 bits per heavy atom. The van der Waals surface area contributed by atoms with E-state index in [0.717, 1.165) is 37.6 Å². The Kier molecular flexibility index (Phi) is 5.07. The van der Waals surface area contributed by atoms with Crippen LogP contribution in [-0.4, -0.2) is 48.3 Å². The van der Waals surface area contributed by atoms with Gasteiger partial charge in [0.15, 0.2) is 5.82 Å². The maximum Gasteiger partial charge on any atom is 0.248 e. The first-order valence-electron chi connectivity index (χ1n) is 9.23. The molecule has 2 aromatic carbocycles. The molecular formula is C21H24N4O2. The van der Waals surface area contributed by atoms with Gasteiger partial charge in [0.05, 0.1) is 12.8 Å². The third-order valence-electron chi connectivity index (χ3n) is 5.00. The van der Waals surface area contributed by atoms with Gasteiger partial charge in [-0.25, -0.2) is 0 Å². The van der Waals surface area contributed by atoms with Gasteiger partial charge in [0, 0.05) is 26.2 Å². The van der Waals surface area contributed by atoms with Crippen molar-refractivity contribution in [3.05, 3.63) is 71.9 Å². The summed E-state index contributed by atoms with van der Waals surface area (Å²) in [7, 11) is 1.72.